The van der Waals surface area contributed by atoms with Crippen LogP contribution in [0, 0.1) is 17.1 Å². The number of halogens is 5. The van der Waals surface area contributed by atoms with Crippen LogP contribution in [0.25, 0.3) is 32.2 Å². The largest absolute Gasteiger partial charge is 0.467 e. The van der Waals surface area contributed by atoms with E-state index < -0.39 is 41.4 Å². The summed E-state index contributed by atoms with van der Waals surface area (Å²) < 4.78 is 78.4. The quantitative estimate of drug-likeness (QED) is 0.263. The number of anilines is 2. The molecule has 9 nitrogen and oxygen atoms in total. The lowest BCUT2D eigenvalue weighted by atomic mass is 9.97. The number of methoxy groups -OCH3 is 1. The maximum atomic E-state index is 15.1. The van der Waals surface area contributed by atoms with Gasteiger partial charge in [-0.25, -0.2) is 13.8 Å². The molecule has 4 aromatic rings. The highest BCUT2D eigenvalue weighted by Crippen LogP contribution is 2.45. The molecule has 212 valence electrons. The van der Waals surface area contributed by atoms with Crippen molar-refractivity contribution >= 4 is 49.2 Å². The van der Waals surface area contributed by atoms with Gasteiger partial charge in [0.05, 0.1) is 35.5 Å². The molecule has 2 N–H and O–H groups in total. The number of rotatable bonds is 5. The standard InChI is InChI=1S/C26H20F5N7O2S/c1-4-18(39)38-9-15(28)17(10-38)37(2)24-20-16(34-25(36-24)40-3)7-12(22(35-20)26(29,30)31)11-5-6-14(27)21-19(11)13(8-32)23(33)41-21/h4-7,15,17H,1,9-10,33H2,2-3H3. The van der Waals surface area contributed by atoms with E-state index in [0.717, 1.165) is 35.6 Å². The minimum atomic E-state index is -5.02. The Bertz CT molecular complexity index is 1770. The molecule has 1 amide bonds. The zero-order chi connectivity index (χ0) is 29.8. The minimum absolute atomic E-state index is 0.0506. The summed E-state index contributed by atoms with van der Waals surface area (Å²) in [6, 6.07) is 3.82. The van der Waals surface area contributed by atoms with E-state index in [1.807, 2.05) is 6.07 Å². The number of aromatic nitrogens is 3. The molecule has 41 heavy (non-hydrogen) atoms. The summed E-state index contributed by atoms with van der Waals surface area (Å²) in [4.78, 5) is 26.8. The molecule has 5 rings (SSSR count). The van der Waals surface area contributed by atoms with Crippen molar-refractivity contribution in [2.45, 2.75) is 18.4 Å². The third-order valence-corrected chi connectivity index (χ3v) is 7.87. The first-order valence-corrected chi connectivity index (χ1v) is 12.7. The highest BCUT2D eigenvalue weighted by molar-refractivity contribution is 7.23. The maximum Gasteiger partial charge on any atom is 0.433 e. The molecule has 0 radical (unpaired) electrons. The molecule has 4 heterocycles. The third-order valence-electron chi connectivity index (χ3n) is 6.84. The van der Waals surface area contributed by atoms with Gasteiger partial charge in [-0.05, 0) is 23.8 Å². The summed E-state index contributed by atoms with van der Waals surface area (Å²) >= 11 is 0.743. The number of pyridine rings is 1. The van der Waals surface area contributed by atoms with Gasteiger partial charge in [0, 0.05) is 24.5 Å². The number of benzene rings is 1. The van der Waals surface area contributed by atoms with Gasteiger partial charge in [0.25, 0.3) is 0 Å². The summed E-state index contributed by atoms with van der Waals surface area (Å²) in [6.45, 7) is 3.08. The number of carbonyl (C=O) groups excluding carboxylic acids is 1. The lowest BCUT2D eigenvalue weighted by Gasteiger charge is -2.27. The summed E-state index contributed by atoms with van der Waals surface area (Å²) in [5.74, 6) is -1.41. The SMILES string of the molecule is C=CC(=O)N1CC(F)C(N(C)c2nc(OC)nc3cc(-c4ccc(F)c5sc(N)c(C#N)c45)c(C(F)(F)F)nc23)C1. The average Bonchev–Trinajstić information content (AvgIpc) is 3.50. The normalized spacial score (nSPS) is 17.2. The van der Waals surface area contributed by atoms with Crippen LogP contribution in [0.2, 0.25) is 0 Å². The van der Waals surface area contributed by atoms with Crippen molar-refractivity contribution in [3.05, 3.63) is 47.9 Å². The predicted octanol–water partition coefficient (Wildman–Crippen LogP) is 4.70. The fourth-order valence-corrected chi connectivity index (χ4v) is 5.84. The smallest absolute Gasteiger partial charge is 0.433 e. The fraction of sp³-hybridized carbons (Fsp3) is 0.269. The van der Waals surface area contributed by atoms with Crippen LogP contribution in [0.3, 0.4) is 0 Å². The summed E-state index contributed by atoms with van der Waals surface area (Å²) in [5.41, 5.74) is 3.35. The summed E-state index contributed by atoms with van der Waals surface area (Å²) in [7, 11) is 2.66. The van der Waals surface area contributed by atoms with Gasteiger partial charge < -0.3 is 20.3 Å². The van der Waals surface area contributed by atoms with E-state index in [4.69, 9.17) is 10.5 Å². The van der Waals surface area contributed by atoms with Crippen LogP contribution in [0.1, 0.15) is 11.3 Å². The zero-order valence-corrected chi connectivity index (χ0v) is 22.3. The molecule has 0 spiro atoms. The zero-order valence-electron chi connectivity index (χ0n) is 21.5. The lowest BCUT2D eigenvalue weighted by Crippen LogP contribution is -2.40. The molecule has 0 aliphatic carbocycles. The van der Waals surface area contributed by atoms with Gasteiger partial charge in [-0.3, -0.25) is 4.79 Å². The average molecular weight is 590 g/mol. The number of amides is 1. The molecule has 3 aromatic heterocycles. The molecule has 0 saturated carbocycles. The van der Waals surface area contributed by atoms with E-state index in [-0.39, 0.29) is 62.2 Å². The van der Waals surface area contributed by atoms with Crippen LogP contribution in [-0.4, -0.2) is 65.2 Å². The van der Waals surface area contributed by atoms with Crippen molar-refractivity contribution in [1.82, 2.24) is 19.9 Å². The Kier molecular flexibility index (Phi) is 6.90. The summed E-state index contributed by atoms with van der Waals surface area (Å²) in [6.07, 6.45) is -5.53. The highest BCUT2D eigenvalue weighted by Gasteiger charge is 2.40. The van der Waals surface area contributed by atoms with Gasteiger partial charge in [-0.15, -0.1) is 11.3 Å². The van der Waals surface area contributed by atoms with E-state index in [2.05, 4.69) is 21.5 Å². The van der Waals surface area contributed by atoms with Gasteiger partial charge >= 0.3 is 12.2 Å². The second-order valence-electron chi connectivity index (χ2n) is 9.18. The number of nitrogens with two attached hydrogens (primary N) is 1. The van der Waals surface area contributed by atoms with Gasteiger partial charge in [0.15, 0.2) is 11.5 Å². The van der Waals surface area contributed by atoms with Gasteiger partial charge in [-0.1, -0.05) is 12.6 Å². The Morgan fingerprint density at radius 3 is 2.66 bits per heavy atom. The van der Waals surface area contributed by atoms with Crippen LogP contribution in [0.15, 0.2) is 30.9 Å². The number of likely N-dealkylation sites (tertiary alicyclic amines) is 1. The van der Waals surface area contributed by atoms with E-state index in [1.54, 1.807) is 0 Å². The third kappa shape index (κ3) is 4.63. The number of hydrogen-bond donors (Lipinski definition) is 1. The number of hydrogen-bond acceptors (Lipinski definition) is 9. The Balaban J connectivity index is 1.77. The molecule has 15 heteroatoms. The molecule has 1 saturated heterocycles. The first-order valence-electron chi connectivity index (χ1n) is 11.9. The molecule has 0 bridgehead atoms. The van der Waals surface area contributed by atoms with Crippen molar-refractivity contribution in [3.63, 3.8) is 0 Å². The highest BCUT2D eigenvalue weighted by atomic mass is 32.1. The Morgan fingerprint density at radius 2 is 2.02 bits per heavy atom. The Hall–Kier alpha value is -4.58. The van der Waals surface area contributed by atoms with Crippen LogP contribution >= 0.6 is 11.3 Å². The van der Waals surface area contributed by atoms with Crippen LogP contribution < -0.4 is 15.4 Å². The number of likely N-dealkylation sites (N-methyl/N-ethyl adjacent to an activating group) is 1. The monoisotopic (exact) mass is 589 g/mol. The number of thiophene rings is 1. The number of fused-ring (bicyclic) bond motifs is 2. The number of nitrogens with zero attached hydrogens (tertiary/aromatic N) is 6. The van der Waals surface area contributed by atoms with Crippen LogP contribution in [0.5, 0.6) is 6.01 Å². The first-order chi connectivity index (χ1) is 19.4. The fourth-order valence-electron chi connectivity index (χ4n) is 4.89. The second-order valence-corrected chi connectivity index (χ2v) is 10.2. The van der Waals surface area contributed by atoms with Crippen LogP contribution in [-0.2, 0) is 11.0 Å². The second kappa shape index (κ2) is 10.1. The van der Waals surface area contributed by atoms with E-state index in [9.17, 15) is 27.6 Å². The van der Waals surface area contributed by atoms with Gasteiger partial charge in [0.1, 0.15) is 28.6 Å². The van der Waals surface area contributed by atoms with Crippen LogP contribution in [0.4, 0.5) is 32.8 Å². The van der Waals surface area contributed by atoms with Crippen molar-refractivity contribution in [2.75, 3.05) is 37.9 Å². The number of nitrogen functional groups attached to an aromatic ring is 1. The molecule has 1 aliphatic heterocycles. The van der Waals surface area contributed by atoms with E-state index >= 15 is 4.39 Å². The molecule has 2 unspecified atom stereocenters. The molecule has 1 aliphatic rings. The summed E-state index contributed by atoms with van der Waals surface area (Å²) in [5, 5.41) is 9.51. The molecular formula is C26H20F5N7O2S. The lowest BCUT2D eigenvalue weighted by molar-refractivity contribution is -0.140. The number of carbonyl (C=O) groups is 1. The number of ether oxygens (including phenoxy) is 1. The molecule has 1 fully saturated rings. The topological polar surface area (TPSA) is 121 Å². The first kappa shape index (κ1) is 28.0. The predicted molar refractivity (Wildman–Crippen MR) is 143 cm³/mol. The Morgan fingerprint density at radius 1 is 1.29 bits per heavy atom. The molecule has 2 atom stereocenters. The minimum Gasteiger partial charge on any atom is -0.467 e. The molecular weight excluding hydrogens is 569 g/mol. The van der Waals surface area contributed by atoms with Crippen molar-refractivity contribution in [2.24, 2.45) is 0 Å². The van der Waals surface area contributed by atoms with Crippen molar-refractivity contribution in [3.8, 4) is 23.2 Å². The number of nitriles is 1. The van der Waals surface area contributed by atoms with E-state index in [0.29, 0.717) is 0 Å². The number of alkyl halides is 4. The van der Waals surface area contributed by atoms with Gasteiger partial charge in [-0.2, -0.15) is 28.4 Å². The van der Waals surface area contributed by atoms with E-state index in [1.165, 1.54) is 24.0 Å². The Labute approximate surface area is 233 Å². The van der Waals surface area contributed by atoms with Crippen molar-refractivity contribution in [1.29, 1.82) is 5.26 Å². The van der Waals surface area contributed by atoms with Gasteiger partial charge in [0.2, 0.25) is 5.91 Å². The van der Waals surface area contributed by atoms with Crippen molar-refractivity contribution < 1.29 is 31.5 Å². The molecule has 1 aromatic carbocycles. The maximum absolute atomic E-state index is 15.1.